The molecule has 0 radical (unpaired) electrons. The molecule has 2 aliphatic rings. The molecule has 2 heterocycles. The zero-order chi connectivity index (χ0) is 18.6. The van der Waals surface area contributed by atoms with Gasteiger partial charge in [0.15, 0.2) is 0 Å². The van der Waals surface area contributed by atoms with Crippen molar-refractivity contribution in [1.29, 1.82) is 0 Å². The summed E-state index contributed by atoms with van der Waals surface area (Å²) in [5.74, 6) is 0.731. The van der Waals surface area contributed by atoms with Crippen LogP contribution in [-0.4, -0.2) is 52.2 Å². The van der Waals surface area contributed by atoms with E-state index in [1.54, 1.807) is 0 Å². The van der Waals surface area contributed by atoms with Gasteiger partial charge in [-0.05, 0) is 24.3 Å². The number of hydrogen-bond acceptors (Lipinski definition) is 4. The van der Waals surface area contributed by atoms with E-state index in [1.165, 1.54) is 48.8 Å². The second-order valence-corrected chi connectivity index (χ2v) is 8.02. The molecule has 0 unspecified atom stereocenters. The van der Waals surface area contributed by atoms with Crippen molar-refractivity contribution >= 4 is 0 Å². The highest BCUT2D eigenvalue weighted by Crippen LogP contribution is 2.34. The number of aryl methyl sites for hydroxylation is 1. The summed E-state index contributed by atoms with van der Waals surface area (Å²) in [6.45, 7) is 3.10. The third kappa shape index (κ3) is 4.26. The molecule has 1 aliphatic carbocycles. The molecule has 0 amide bonds. The first-order chi connectivity index (χ1) is 13.2. The molecule has 1 atom stereocenters. The van der Waals surface area contributed by atoms with Gasteiger partial charge in [-0.15, -0.1) is 0 Å². The van der Waals surface area contributed by atoms with Crippen LogP contribution in [0.25, 0.3) is 11.3 Å². The van der Waals surface area contributed by atoms with Crippen LogP contribution in [0.3, 0.4) is 0 Å². The molecule has 27 heavy (non-hydrogen) atoms. The lowest BCUT2D eigenvalue weighted by Gasteiger charge is -2.34. The average molecular weight is 370 g/mol. The van der Waals surface area contributed by atoms with Gasteiger partial charge in [0.05, 0.1) is 31.6 Å². The molecule has 4 rings (SSSR count). The van der Waals surface area contributed by atoms with Crippen LogP contribution in [0.15, 0.2) is 30.5 Å². The molecule has 2 aromatic rings. The van der Waals surface area contributed by atoms with E-state index in [4.69, 9.17) is 9.84 Å². The van der Waals surface area contributed by atoms with Crippen molar-refractivity contribution < 1.29 is 9.84 Å². The highest BCUT2D eigenvalue weighted by Gasteiger charge is 2.24. The van der Waals surface area contributed by atoms with Gasteiger partial charge in [0.1, 0.15) is 0 Å². The Kier molecular flexibility index (Phi) is 5.91. The Hall–Kier alpha value is -1.69. The number of morpholine rings is 1. The summed E-state index contributed by atoms with van der Waals surface area (Å²) in [5, 5.41) is 14.4. The minimum atomic E-state index is 0.0699. The fraction of sp³-hybridized carbons (Fsp3) is 0.591. The van der Waals surface area contributed by atoms with Crippen LogP contribution in [0, 0.1) is 0 Å². The van der Waals surface area contributed by atoms with Crippen LogP contribution < -0.4 is 0 Å². The van der Waals surface area contributed by atoms with Crippen LogP contribution in [0.4, 0.5) is 0 Å². The average Bonchev–Trinajstić information content (AvgIpc) is 3.09. The molecule has 0 bridgehead atoms. The van der Waals surface area contributed by atoms with Crippen molar-refractivity contribution in [2.24, 2.45) is 7.05 Å². The van der Waals surface area contributed by atoms with Gasteiger partial charge in [-0.1, -0.05) is 43.5 Å². The third-order valence-electron chi connectivity index (χ3n) is 6.10. The zero-order valence-electron chi connectivity index (χ0n) is 16.3. The summed E-state index contributed by atoms with van der Waals surface area (Å²) in [6, 6.07) is 9.14. The quantitative estimate of drug-likeness (QED) is 0.878. The van der Waals surface area contributed by atoms with Crippen molar-refractivity contribution in [2.45, 2.75) is 50.6 Å². The summed E-state index contributed by atoms with van der Waals surface area (Å²) in [4.78, 5) is 2.31. The largest absolute Gasteiger partial charge is 0.395 e. The fourth-order valence-electron chi connectivity index (χ4n) is 4.53. The van der Waals surface area contributed by atoms with Crippen LogP contribution in [0.5, 0.6) is 0 Å². The van der Waals surface area contributed by atoms with Crippen LogP contribution in [0.1, 0.15) is 49.1 Å². The molecule has 1 aliphatic heterocycles. The lowest BCUT2D eigenvalue weighted by atomic mass is 9.84. The summed E-state index contributed by atoms with van der Waals surface area (Å²) in [7, 11) is 1.98. The molecule has 146 valence electrons. The number of rotatable bonds is 5. The summed E-state index contributed by atoms with van der Waals surface area (Å²) in [6.07, 6.45) is 8.88. The molecule has 1 N–H and O–H groups in total. The Morgan fingerprint density at radius 2 is 1.93 bits per heavy atom. The molecule has 5 nitrogen and oxygen atoms in total. The molecule has 1 saturated heterocycles. The van der Waals surface area contributed by atoms with E-state index in [9.17, 15) is 5.11 Å². The highest BCUT2D eigenvalue weighted by atomic mass is 16.5. The first-order valence-electron chi connectivity index (χ1n) is 10.3. The molecule has 2 fully saturated rings. The van der Waals surface area contributed by atoms with Crippen molar-refractivity contribution in [3.63, 3.8) is 0 Å². The zero-order valence-corrected chi connectivity index (χ0v) is 16.3. The molecule has 1 saturated carbocycles. The van der Waals surface area contributed by atoms with Gasteiger partial charge >= 0.3 is 0 Å². The van der Waals surface area contributed by atoms with Crippen LogP contribution in [0.2, 0.25) is 0 Å². The van der Waals surface area contributed by atoms with E-state index >= 15 is 0 Å². The highest BCUT2D eigenvalue weighted by molar-refractivity contribution is 5.63. The fourth-order valence-corrected chi connectivity index (χ4v) is 4.53. The van der Waals surface area contributed by atoms with Gasteiger partial charge in [0.2, 0.25) is 0 Å². The predicted molar refractivity (Wildman–Crippen MR) is 107 cm³/mol. The van der Waals surface area contributed by atoms with Crippen LogP contribution in [-0.2, 0) is 18.3 Å². The molecule has 0 spiro atoms. The van der Waals surface area contributed by atoms with Crippen LogP contribution >= 0.6 is 0 Å². The molecule has 1 aromatic carbocycles. The Labute approximate surface area is 161 Å². The standard InChI is InChI=1S/C22H31N3O2/c1-24-13-20(14-25-11-12-27-16-21(25)15-26)22(23-24)19-9-7-18(8-10-19)17-5-3-2-4-6-17/h7-10,13,17,21,26H,2-6,11-12,14-16H2,1H3/t21-/m0/s1. The van der Waals surface area contributed by atoms with E-state index in [2.05, 4.69) is 35.4 Å². The van der Waals surface area contributed by atoms with E-state index in [0.717, 1.165) is 31.3 Å². The molecular weight excluding hydrogens is 338 g/mol. The van der Waals surface area contributed by atoms with Crippen molar-refractivity contribution in [1.82, 2.24) is 14.7 Å². The second kappa shape index (κ2) is 8.55. The first kappa shape index (κ1) is 18.7. The predicted octanol–water partition coefficient (Wildman–Crippen LogP) is 3.33. The third-order valence-corrected chi connectivity index (χ3v) is 6.10. The number of aliphatic hydroxyl groups is 1. The first-order valence-corrected chi connectivity index (χ1v) is 10.3. The van der Waals surface area contributed by atoms with Gasteiger partial charge in [0, 0.05) is 37.5 Å². The van der Waals surface area contributed by atoms with E-state index in [0.29, 0.717) is 6.61 Å². The minimum absolute atomic E-state index is 0.0699. The molecular formula is C22H31N3O2. The number of hydrogen-bond donors (Lipinski definition) is 1. The lowest BCUT2D eigenvalue weighted by molar-refractivity contribution is -0.0312. The number of benzene rings is 1. The SMILES string of the molecule is Cn1cc(CN2CCOC[C@@H]2CO)c(-c2ccc(C3CCCCC3)cc2)n1. The summed E-state index contributed by atoms with van der Waals surface area (Å²) < 4.78 is 7.41. The Balaban J connectivity index is 1.53. The van der Waals surface area contributed by atoms with E-state index in [1.807, 2.05) is 11.7 Å². The van der Waals surface area contributed by atoms with Gasteiger partial charge < -0.3 is 9.84 Å². The van der Waals surface area contributed by atoms with Crippen molar-refractivity contribution in [3.8, 4) is 11.3 Å². The smallest absolute Gasteiger partial charge is 0.0968 e. The maximum atomic E-state index is 9.64. The summed E-state index contributed by atoms with van der Waals surface area (Å²) >= 11 is 0. The minimum Gasteiger partial charge on any atom is -0.395 e. The maximum Gasteiger partial charge on any atom is 0.0968 e. The van der Waals surface area contributed by atoms with E-state index < -0.39 is 0 Å². The normalized spacial score (nSPS) is 22.2. The van der Waals surface area contributed by atoms with Crippen molar-refractivity contribution in [3.05, 3.63) is 41.6 Å². The Morgan fingerprint density at radius 1 is 1.15 bits per heavy atom. The lowest BCUT2D eigenvalue weighted by Crippen LogP contribution is -2.46. The maximum absolute atomic E-state index is 9.64. The number of ether oxygens (including phenoxy) is 1. The number of aromatic nitrogens is 2. The number of aliphatic hydroxyl groups excluding tert-OH is 1. The number of nitrogens with zero attached hydrogens (tertiary/aromatic N) is 3. The molecule has 1 aromatic heterocycles. The Bertz CT molecular complexity index is 735. The van der Waals surface area contributed by atoms with Gasteiger partial charge in [-0.2, -0.15) is 5.10 Å². The topological polar surface area (TPSA) is 50.5 Å². The van der Waals surface area contributed by atoms with Gasteiger partial charge in [-0.25, -0.2) is 0 Å². The van der Waals surface area contributed by atoms with Crippen molar-refractivity contribution in [2.75, 3.05) is 26.4 Å². The summed E-state index contributed by atoms with van der Waals surface area (Å²) in [5.41, 5.74) is 4.92. The second-order valence-electron chi connectivity index (χ2n) is 8.02. The Morgan fingerprint density at radius 3 is 2.67 bits per heavy atom. The van der Waals surface area contributed by atoms with E-state index in [-0.39, 0.29) is 12.6 Å². The monoisotopic (exact) mass is 369 g/mol. The van der Waals surface area contributed by atoms with Gasteiger partial charge in [0.25, 0.3) is 0 Å². The molecule has 5 heteroatoms. The van der Waals surface area contributed by atoms with Gasteiger partial charge in [-0.3, -0.25) is 9.58 Å².